The van der Waals surface area contributed by atoms with Gasteiger partial charge in [-0.2, -0.15) is 5.10 Å². The maximum Gasteiger partial charge on any atom is 0.345 e. The molecule has 6 heteroatoms. The first kappa shape index (κ1) is 9.66. The molecule has 0 bridgehead atoms. The van der Waals surface area contributed by atoms with Gasteiger partial charge in [0.25, 0.3) is 0 Å². The average Bonchev–Trinajstić information content (AvgIpc) is 2.70. The van der Waals surface area contributed by atoms with E-state index in [4.69, 9.17) is 5.11 Å². The van der Waals surface area contributed by atoms with Crippen LogP contribution in [0.4, 0.5) is 0 Å². The van der Waals surface area contributed by atoms with E-state index in [2.05, 4.69) is 27.7 Å². The number of hydrogen-bond acceptors (Lipinski definition) is 3. The Hall–Kier alpha value is -0.890. The minimum atomic E-state index is -0.900. The van der Waals surface area contributed by atoms with Crippen LogP contribution in [0.5, 0.6) is 0 Å². The molecule has 2 rings (SSSR count). The Labute approximate surface area is 97.3 Å². The van der Waals surface area contributed by atoms with Crippen molar-refractivity contribution >= 4 is 39.9 Å². The summed E-state index contributed by atoms with van der Waals surface area (Å²) in [5.41, 5.74) is 0. The maximum atomic E-state index is 10.6. The lowest BCUT2D eigenvalue weighted by molar-refractivity contribution is 0.0702. The van der Waals surface area contributed by atoms with Gasteiger partial charge in [0, 0.05) is 6.20 Å². The number of halogens is 1. The summed E-state index contributed by atoms with van der Waals surface area (Å²) in [6.07, 6.45) is 3.57. The number of carboxylic acid groups (broad SMARTS) is 1. The van der Waals surface area contributed by atoms with Gasteiger partial charge >= 0.3 is 5.97 Å². The van der Waals surface area contributed by atoms with Crippen molar-refractivity contribution in [2.75, 3.05) is 0 Å². The molecule has 0 aliphatic rings. The Morgan fingerprint density at radius 1 is 1.57 bits per heavy atom. The summed E-state index contributed by atoms with van der Waals surface area (Å²) in [6, 6.07) is 3.33. The van der Waals surface area contributed by atoms with E-state index >= 15 is 0 Å². The van der Waals surface area contributed by atoms with Gasteiger partial charge in [-0.25, -0.2) is 9.48 Å². The fourth-order valence-electron chi connectivity index (χ4n) is 0.987. The van der Waals surface area contributed by atoms with Gasteiger partial charge in [0.15, 0.2) is 0 Å². The highest BCUT2D eigenvalue weighted by Crippen LogP contribution is 2.20. The summed E-state index contributed by atoms with van der Waals surface area (Å²) in [5, 5.41) is 13.6. The molecule has 0 saturated carbocycles. The van der Waals surface area contributed by atoms with Crippen LogP contribution < -0.4 is 0 Å². The third-order valence-electron chi connectivity index (χ3n) is 1.58. The van der Waals surface area contributed by atoms with E-state index in [1.165, 1.54) is 11.3 Å². The van der Waals surface area contributed by atoms with E-state index in [1.54, 1.807) is 23.0 Å². The lowest BCUT2D eigenvalue weighted by Gasteiger charge is -1.92. The minimum absolute atomic E-state index is 0.325. The fourth-order valence-corrected chi connectivity index (χ4v) is 2.15. The average molecular weight is 320 g/mol. The molecule has 0 aromatic carbocycles. The van der Waals surface area contributed by atoms with E-state index < -0.39 is 5.97 Å². The van der Waals surface area contributed by atoms with Crippen LogP contribution in [0.1, 0.15) is 9.67 Å². The number of nitrogens with zero attached hydrogens (tertiary/aromatic N) is 2. The van der Waals surface area contributed by atoms with E-state index in [-0.39, 0.29) is 0 Å². The molecular formula is C8H5IN2O2S. The van der Waals surface area contributed by atoms with Crippen molar-refractivity contribution in [2.24, 2.45) is 0 Å². The van der Waals surface area contributed by atoms with Gasteiger partial charge in [-0.1, -0.05) is 0 Å². The van der Waals surface area contributed by atoms with Crippen LogP contribution in [0.2, 0.25) is 0 Å². The van der Waals surface area contributed by atoms with E-state index in [9.17, 15) is 4.79 Å². The summed E-state index contributed by atoms with van der Waals surface area (Å²) < 4.78 is 2.69. The normalized spacial score (nSPS) is 10.4. The second-order valence-electron chi connectivity index (χ2n) is 2.55. The molecule has 0 aliphatic heterocycles. The highest BCUT2D eigenvalue weighted by molar-refractivity contribution is 14.1. The molecule has 14 heavy (non-hydrogen) atoms. The number of carbonyl (C=O) groups is 1. The van der Waals surface area contributed by atoms with E-state index in [1.807, 2.05) is 6.20 Å². The summed E-state index contributed by atoms with van der Waals surface area (Å²) in [5.74, 6) is -0.900. The zero-order valence-electron chi connectivity index (χ0n) is 6.85. The van der Waals surface area contributed by atoms with E-state index in [0.29, 0.717) is 4.88 Å². The second-order valence-corrected chi connectivity index (χ2v) is 4.85. The number of aromatic nitrogens is 2. The van der Waals surface area contributed by atoms with Crippen LogP contribution >= 0.6 is 33.9 Å². The number of hydrogen-bond donors (Lipinski definition) is 1. The number of aromatic carboxylic acids is 1. The monoisotopic (exact) mass is 320 g/mol. The van der Waals surface area contributed by atoms with Gasteiger partial charge in [-0.15, -0.1) is 11.3 Å². The molecular weight excluding hydrogens is 315 g/mol. The zero-order valence-corrected chi connectivity index (χ0v) is 9.82. The van der Waals surface area contributed by atoms with Crippen LogP contribution in [0, 0.1) is 3.57 Å². The Kier molecular flexibility index (Phi) is 2.55. The van der Waals surface area contributed by atoms with Gasteiger partial charge in [0.1, 0.15) is 9.88 Å². The SMILES string of the molecule is O=C(O)c1ccc(-n2cc(I)cn2)s1. The molecule has 0 spiro atoms. The second kappa shape index (κ2) is 3.70. The fraction of sp³-hybridized carbons (Fsp3) is 0. The van der Waals surface area contributed by atoms with Crippen molar-refractivity contribution in [3.63, 3.8) is 0 Å². The Morgan fingerprint density at radius 2 is 2.36 bits per heavy atom. The Morgan fingerprint density at radius 3 is 2.86 bits per heavy atom. The molecule has 2 heterocycles. The van der Waals surface area contributed by atoms with Crippen LogP contribution in [0.15, 0.2) is 24.5 Å². The number of carboxylic acids is 1. The van der Waals surface area contributed by atoms with Crippen molar-refractivity contribution in [3.8, 4) is 5.00 Å². The maximum absolute atomic E-state index is 10.6. The summed E-state index contributed by atoms with van der Waals surface area (Å²) in [4.78, 5) is 11.0. The van der Waals surface area contributed by atoms with Crippen LogP contribution in [0.25, 0.3) is 5.00 Å². The van der Waals surface area contributed by atoms with Gasteiger partial charge in [-0.05, 0) is 34.7 Å². The van der Waals surface area contributed by atoms with Crippen LogP contribution in [-0.4, -0.2) is 20.9 Å². The molecule has 0 aliphatic carbocycles. The quantitative estimate of drug-likeness (QED) is 0.864. The minimum Gasteiger partial charge on any atom is -0.477 e. The van der Waals surface area contributed by atoms with Crippen LogP contribution in [0.3, 0.4) is 0 Å². The molecule has 0 unspecified atom stereocenters. The summed E-state index contributed by atoms with van der Waals surface area (Å²) >= 11 is 3.36. The van der Waals surface area contributed by atoms with Crippen molar-refractivity contribution in [1.29, 1.82) is 0 Å². The highest BCUT2D eigenvalue weighted by Gasteiger charge is 2.08. The van der Waals surface area contributed by atoms with Gasteiger partial charge in [-0.3, -0.25) is 0 Å². The van der Waals surface area contributed by atoms with Crippen molar-refractivity contribution in [1.82, 2.24) is 9.78 Å². The lowest BCUT2D eigenvalue weighted by Crippen LogP contribution is -1.91. The summed E-state index contributed by atoms with van der Waals surface area (Å²) in [6.45, 7) is 0. The standard InChI is InChI=1S/C8H5IN2O2S/c9-5-3-10-11(4-5)7-2-1-6(14-7)8(12)13/h1-4H,(H,12,13). The molecule has 1 N–H and O–H groups in total. The third kappa shape index (κ3) is 1.80. The molecule has 0 atom stereocenters. The molecule has 2 aromatic heterocycles. The summed E-state index contributed by atoms with van der Waals surface area (Å²) in [7, 11) is 0. The predicted octanol–water partition coefficient (Wildman–Crippen LogP) is 2.24. The van der Waals surface area contributed by atoms with Gasteiger partial charge in [0.2, 0.25) is 0 Å². The topological polar surface area (TPSA) is 55.1 Å². The zero-order chi connectivity index (χ0) is 10.1. The van der Waals surface area contributed by atoms with Crippen molar-refractivity contribution in [3.05, 3.63) is 33.0 Å². The van der Waals surface area contributed by atoms with Crippen molar-refractivity contribution < 1.29 is 9.90 Å². The predicted molar refractivity (Wildman–Crippen MR) is 61.1 cm³/mol. The molecule has 0 fully saturated rings. The molecule has 4 nitrogen and oxygen atoms in total. The smallest absolute Gasteiger partial charge is 0.345 e. The molecule has 2 aromatic rings. The van der Waals surface area contributed by atoms with Gasteiger partial charge < -0.3 is 5.11 Å². The molecule has 72 valence electrons. The number of thiophene rings is 1. The molecule has 0 radical (unpaired) electrons. The van der Waals surface area contributed by atoms with Crippen LogP contribution in [-0.2, 0) is 0 Å². The Bertz CT molecular complexity index is 477. The third-order valence-corrected chi connectivity index (χ3v) is 3.20. The first-order valence-electron chi connectivity index (χ1n) is 3.70. The molecule has 0 saturated heterocycles. The highest BCUT2D eigenvalue weighted by atomic mass is 127. The Balaban J connectivity index is 2.38. The largest absolute Gasteiger partial charge is 0.477 e. The first-order valence-corrected chi connectivity index (χ1v) is 5.60. The molecule has 0 amide bonds. The number of rotatable bonds is 2. The van der Waals surface area contributed by atoms with E-state index in [0.717, 1.165) is 8.57 Å². The van der Waals surface area contributed by atoms with Gasteiger partial charge in [0.05, 0.1) is 9.77 Å². The van der Waals surface area contributed by atoms with Crippen molar-refractivity contribution in [2.45, 2.75) is 0 Å². The lowest BCUT2D eigenvalue weighted by atomic mass is 10.5. The first-order chi connectivity index (χ1) is 6.66.